The van der Waals surface area contributed by atoms with Gasteiger partial charge in [0.15, 0.2) is 0 Å². The third-order valence-corrected chi connectivity index (χ3v) is 4.23. The van der Waals surface area contributed by atoms with E-state index in [2.05, 4.69) is 9.46 Å². The molecule has 0 aromatic heterocycles. The second kappa shape index (κ2) is 6.71. The molecular formula is C13H11BF3NO5S. The molecule has 3 N–H and O–H groups in total. The van der Waals surface area contributed by atoms with Gasteiger partial charge in [-0.3, -0.25) is 4.72 Å². The third-order valence-electron chi connectivity index (χ3n) is 2.83. The lowest BCUT2D eigenvalue weighted by Crippen LogP contribution is -2.29. The highest BCUT2D eigenvalue weighted by atomic mass is 32.2. The molecule has 6 nitrogen and oxygen atoms in total. The Morgan fingerprint density at radius 1 is 0.958 bits per heavy atom. The molecule has 2 aromatic rings. The molecule has 0 aliphatic carbocycles. The summed E-state index contributed by atoms with van der Waals surface area (Å²) in [6, 6.07) is 8.94. The molecule has 0 aliphatic heterocycles. The summed E-state index contributed by atoms with van der Waals surface area (Å²) >= 11 is 0. The van der Waals surface area contributed by atoms with Gasteiger partial charge in [0.2, 0.25) is 0 Å². The van der Waals surface area contributed by atoms with Gasteiger partial charge in [0.1, 0.15) is 5.75 Å². The van der Waals surface area contributed by atoms with Crippen molar-refractivity contribution >= 4 is 28.3 Å². The second-order valence-electron chi connectivity index (χ2n) is 4.62. The van der Waals surface area contributed by atoms with Crippen molar-refractivity contribution in [2.24, 2.45) is 0 Å². The van der Waals surface area contributed by atoms with Crippen LogP contribution in [-0.4, -0.2) is 31.9 Å². The van der Waals surface area contributed by atoms with E-state index in [1.54, 1.807) is 0 Å². The minimum Gasteiger partial charge on any atom is -0.423 e. The minimum absolute atomic E-state index is 0.0378. The molecule has 11 heteroatoms. The molecular weight excluding hydrogens is 350 g/mol. The molecule has 0 unspecified atom stereocenters. The molecule has 0 saturated carbocycles. The van der Waals surface area contributed by atoms with Crippen LogP contribution in [0.1, 0.15) is 0 Å². The lowest BCUT2D eigenvalue weighted by molar-refractivity contribution is -0.274. The number of hydrogen-bond donors (Lipinski definition) is 3. The van der Waals surface area contributed by atoms with Crippen molar-refractivity contribution in [3.05, 3.63) is 48.5 Å². The van der Waals surface area contributed by atoms with Crippen LogP contribution in [0.3, 0.4) is 0 Å². The van der Waals surface area contributed by atoms with Gasteiger partial charge < -0.3 is 14.8 Å². The largest absolute Gasteiger partial charge is 0.573 e. The summed E-state index contributed by atoms with van der Waals surface area (Å²) in [5, 5.41) is 17.9. The number of hydrogen-bond acceptors (Lipinski definition) is 5. The summed E-state index contributed by atoms with van der Waals surface area (Å²) in [5.41, 5.74) is 0.151. The first-order chi connectivity index (χ1) is 11.1. The van der Waals surface area contributed by atoms with Crippen molar-refractivity contribution in [1.82, 2.24) is 0 Å². The van der Waals surface area contributed by atoms with Crippen molar-refractivity contribution < 1.29 is 36.4 Å². The average Bonchev–Trinajstić information content (AvgIpc) is 2.47. The van der Waals surface area contributed by atoms with E-state index in [4.69, 9.17) is 10.0 Å². The molecule has 0 fully saturated rings. The molecule has 0 atom stereocenters. The summed E-state index contributed by atoms with van der Waals surface area (Å²) in [5.74, 6) is -0.480. The van der Waals surface area contributed by atoms with Gasteiger partial charge in [0, 0.05) is 5.69 Å². The Morgan fingerprint density at radius 3 is 1.96 bits per heavy atom. The van der Waals surface area contributed by atoms with Gasteiger partial charge >= 0.3 is 13.5 Å². The Labute approximate surface area is 135 Å². The summed E-state index contributed by atoms with van der Waals surface area (Å²) < 4.78 is 66.3. The first kappa shape index (κ1) is 18.1. The summed E-state index contributed by atoms with van der Waals surface area (Å²) in [4.78, 5) is -0.150. The molecule has 0 aliphatic rings. The Bertz CT molecular complexity index is 792. The average molecular weight is 361 g/mol. The third kappa shape index (κ3) is 4.88. The van der Waals surface area contributed by atoms with Crippen LogP contribution in [0.5, 0.6) is 5.75 Å². The van der Waals surface area contributed by atoms with Crippen LogP contribution in [0, 0.1) is 0 Å². The van der Waals surface area contributed by atoms with Gasteiger partial charge in [0.05, 0.1) is 4.90 Å². The zero-order valence-corrected chi connectivity index (χ0v) is 12.7. The van der Waals surface area contributed by atoms with E-state index in [-0.39, 0.29) is 16.0 Å². The Hall–Kier alpha value is -2.24. The van der Waals surface area contributed by atoms with Crippen molar-refractivity contribution in [3.8, 4) is 5.75 Å². The van der Waals surface area contributed by atoms with Gasteiger partial charge in [-0.25, -0.2) is 8.42 Å². The van der Waals surface area contributed by atoms with Crippen LogP contribution >= 0.6 is 0 Å². The van der Waals surface area contributed by atoms with Crippen LogP contribution in [0.25, 0.3) is 0 Å². The smallest absolute Gasteiger partial charge is 0.423 e. The maximum Gasteiger partial charge on any atom is 0.573 e. The molecule has 128 valence electrons. The highest BCUT2D eigenvalue weighted by Gasteiger charge is 2.31. The molecule has 0 heterocycles. The first-order valence-electron chi connectivity index (χ1n) is 6.41. The van der Waals surface area contributed by atoms with E-state index in [1.807, 2.05) is 0 Å². The number of halogens is 3. The van der Waals surface area contributed by atoms with E-state index in [1.165, 1.54) is 12.1 Å². The number of rotatable bonds is 5. The second-order valence-corrected chi connectivity index (χ2v) is 6.30. The van der Waals surface area contributed by atoms with Gasteiger partial charge in [0.25, 0.3) is 10.0 Å². The molecule has 2 aromatic carbocycles. The number of nitrogens with one attached hydrogen (secondary N) is 1. The Balaban J connectivity index is 2.14. The van der Waals surface area contributed by atoms with E-state index in [0.717, 1.165) is 36.4 Å². The summed E-state index contributed by atoms with van der Waals surface area (Å²) in [7, 11) is -5.71. The van der Waals surface area contributed by atoms with E-state index in [0.29, 0.717) is 0 Å². The van der Waals surface area contributed by atoms with Crippen molar-refractivity contribution in [2.75, 3.05) is 4.72 Å². The lowest BCUT2D eigenvalue weighted by atomic mass is 9.81. The van der Waals surface area contributed by atoms with Crippen LogP contribution in [0.2, 0.25) is 0 Å². The van der Waals surface area contributed by atoms with Gasteiger partial charge in [-0.15, -0.1) is 13.2 Å². The van der Waals surface area contributed by atoms with Crippen LogP contribution in [0.4, 0.5) is 18.9 Å². The van der Waals surface area contributed by atoms with E-state index >= 15 is 0 Å². The standard InChI is InChI=1S/C13H11BF3NO5S/c15-13(16,17)23-11-5-3-10(4-6-11)18-24(21,22)12-7-1-9(2-8-12)14(19)20/h1-8,18-20H. The lowest BCUT2D eigenvalue weighted by Gasteiger charge is -2.11. The molecule has 0 saturated heterocycles. The molecule has 0 radical (unpaired) electrons. The summed E-state index contributed by atoms with van der Waals surface area (Å²) in [6.07, 6.45) is -4.83. The predicted octanol–water partition coefficient (Wildman–Crippen LogP) is 1.07. The first-order valence-corrected chi connectivity index (χ1v) is 7.90. The maximum atomic E-state index is 12.1. The molecule has 0 spiro atoms. The van der Waals surface area contributed by atoms with E-state index < -0.39 is 29.3 Å². The van der Waals surface area contributed by atoms with Crippen LogP contribution in [-0.2, 0) is 10.0 Å². The quantitative estimate of drug-likeness (QED) is 0.693. The Kier molecular flexibility index (Phi) is 5.06. The molecule has 0 amide bonds. The zero-order valence-electron chi connectivity index (χ0n) is 11.9. The maximum absolute atomic E-state index is 12.1. The number of anilines is 1. The summed E-state index contributed by atoms with van der Waals surface area (Å²) in [6.45, 7) is 0. The van der Waals surface area contributed by atoms with Crippen LogP contribution < -0.4 is 14.9 Å². The highest BCUT2D eigenvalue weighted by molar-refractivity contribution is 7.92. The van der Waals surface area contributed by atoms with Crippen molar-refractivity contribution in [3.63, 3.8) is 0 Å². The fraction of sp³-hybridized carbons (Fsp3) is 0.0769. The van der Waals surface area contributed by atoms with Crippen molar-refractivity contribution in [2.45, 2.75) is 11.3 Å². The number of alkyl halides is 3. The fourth-order valence-corrected chi connectivity index (χ4v) is 2.82. The minimum atomic E-state index is -4.83. The van der Waals surface area contributed by atoms with Crippen molar-refractivity contribution in [1.29, 1.82) is 0 Å². The monoisotopic (exact) mass is 361 g/mol. The topological polar surface area (TPSA) is 95.9 Å². The van der Waals surface area contributed by atoms with Gasteiger partial charge in [-0.1, -0.05) is 12.1 Å². The Morgan fingerprint density at radius 2 is 1.50 bits per heavy atom. The van der Waals surface area contributed by atoms with Crippen LogP contribution in [0.15, 0.2) is 53.4 Å². The fourth-order valence-electron chi connectivity index (χ4n) is 1.76. The number of ether oxygens (including phenoxy) is 1. The molecule has 24 heavy (non-hydrogen) atoms. The van der Waals surface area contributed by atoms with E-state index in [9.17, 15) is 21.6 Å². The predicted molar refractivity (Wildman–Crippen MR) is 80.2 cm³/mol. The molecule has 0 bridgehead atoms. The van der Waals surface area contributed by atoms with Gasteiger partial charge in [-0.05, 0) is 41.9 Å². The SMILES string of the molecule is O=S(=O)(Nc1ccc(OC(F)(F)F)cc1)c1ccc(B(O)O)cc1. The molecule has 2 rings (SSSR count). The number of sulfonamides is 1. The normalized spacial score (nSPS) is 11.9. The van der Waals surface area contributed by atoms with Gasteiger partial charge in [-0.2, -0.15) is 0 Å². The highest BCUT2D eigenvalue weighted by Crippen LogP contribution is 2.24. The number of benzene rings is 2. The zero-order chi connectivity index (χ0) is 18.0.